The van der Waals surface area contributed by atoms with Crippen LogP contribution in [0.4, 0.5) is 0 Å². The van der Waals surface area contributed by atoms with E-state index in [4.69, 9.17) is 16.3 Å². The van der Waals surface area contributed by atoms with E-state index in [9.17, 15) is 4.79 Å². The van der Waals surface area contributed by atoms with Crippen LogP contribution in [0, 0.1) is 0 Å². The minimum absolute atomic E-state index is 0.122. The molecule has 4 heteroatoms. The summed E-state index contributed by atoms with van der Waals surface area (Å²) < 4.78 is 4.97. The number of halogens is 1. The molecular formula is C12H15ClO2S. The number of hydrogen-bond donors (Lipinski definition) is 0. The van der Waals surface area contributed by atoms with Gasteiger partial charge >= 0.3 is 5.97 Å². The van der Waals surface area contributed by atoms with E-state index in [2.05, 4.69) is 0 Å². The lowest BCUT2D eigenvalue weighted by Gasteiger charge is -2.03. The van der Waals surface area contributed by atoms with Crippen LogP contribution in [0.15, 0.2) is 29.2 Å². The molecule has 0 spiro atoms. The molecule has 0 aliphatic rings. The van der Waals surface area contributed by atoms with E-state index >= 15 is 0 Å². The number of carbonyl (C=O) groups is 1. The van der Waals surface area contributed by atoms with Gasteiger partial charge in [0, 0.05) is 15.7 Å². The van der Waals surface area contributed by atoms with Gasteiger partial charge in [-0.15, -0.1) is 11.8 Å². The summed E-state index contributed by atoms with van der Waals surface area (Å²) in [6, 6.07) is 7.59. The summed E-state index contributed by atoms with van der Waals surface area (Å²) in [4.78, 5) is 12.3. The van der Waals surface area contributed by atoms with E-state index in [1.165, 1.54) is 0 Å². The van der Waals surface area contributed by atoms with Gasteiger partial charge in [0.05, 0.1) is 13.0 Å². The maximum atomic E-state index is 11.2. The first-order valence-corrected chi connectivity index (χ1v) is 6.62. The van der Waals surface area contributed by atoms with Crippen LogP contribution in [0.25, 0.3) is 0 Å². The number of carbonyl (C=O) groups excluding carboxylic acids is 1. The van der Waals surface area contributed by atoms with Gasteiger partial charge in [-0.1, -0.05) is 18.5 Å². The number of benzene rings is 1. The largest absolute Gasteiger partial charge is 0.466 e. The van der Waals surface area contributed by atoms with Crippen LogP contribution in [0.1, 0.15) is 19.8 Å². The second-order valence-corrected chi connectivity index (χ2v) is 4.88. The molecule has 0 aliphatic heterocycles. The smallest absolute Gasteiger partial charge is 0.306 e. The van der Waals surface area contributed by atoms with Crippen LogP contribution >= 0.6 is 23.4 Å². The van der Waals surface area contributed by atoms with Crippen molar-refractivity contribution in [3.05, 3.63) is 29.3 Å². The molecule has 0 fully saturated rings. The van der Waals surface area contributed by atoms with Gasteiger partial charge in [-0.2, -0.15) is 0 Å². The fraction of sp³-hybridized carbons (Fsp3) is 0.417. The van der Waals surface area contributed by atoms with Gasteiger partial charge in [0.25, 0.3) is 0 Å². The Morgan fingerprint density at radius 2 is 2.06 bits per heavy atom. The summed E-state index contributed by atoms with van der Waals surface area (Å²) in [5.74, 6) is 0.618. The average molecular weight is 259 g/mol. The highest BCUT2D eigenvalue weighted by molar-refractivity contribution is 7.99. The molecule has 1 aromatic rings. The molecule has 88 valence electrons. The predicted octanol–water partition coefficient (Wildman–Crippen LogP) is 3.78. The third-order valence-corrected chi connectivity index (χ3v) is 3.12. The highest BCUT2D eigenvalue weighted by Gasteiger charge is 2.02. The van der Waals surface area contributed by atoms with Crippen LogP contribution in [0.5, 0.6) is 0 Å². The molecule has 2 nitrogen and oxygen atoms in total. The first kappa shape index (κ1) is 13.4. The Bertz CT molecular complexity index is 324. The maximum Gasteiger partial charge on any atom is 0.306 e. The van der Waals surface area contributed by atoms with Crippen molar-refractivity contribution >= 4 is 29.3 Å². The molecule has 0 unspecified atom stereocenters. The van der Waals surface area contributed by atoms with Gasteiger partial charge < -0.3 is 4.74 Å². The molecule has 0 heterocycles. The Hall–Kier alpha value is -0.670. The van der Waals surface area contributed by atoms with Crippen molar-refractivity contribution in [3.8, 4) is 0 Å². The summed E-state index contributed by atoms with van der Waals surface area (Å²) in [6.07, 6.45) is 1.32. The van der Waals surface area contributed by atoms with Gasteiger partial charge in [-0.3, -0.25) is 4.79 Å². The van der Waals surface area contributed by atoms with Gasteiger partial charge in [-0.25, -0.2) is 0 Å². The van der Waals surface area contributed by atoms with Crippen molar-refractivity contribution in [2.45, 2.75) is 24.7 Å². The second kappa shape index (κ2) is 7.58. The Kier molecular flexibility index (Phi) is 6.34. The lowest BCUT2D eigenvalue weighted by atomic mass is 10.4. The van der Waals surface area contributed by atoms with Crippen molar-refractivity contribution in [2.24, 2.45) is 0 Å². The first-order chi connectivity index (χ1) is 7.72. The molecule has 0 amide bonds. The van der Waals surface area contributed by atoms with Crippen LogP contribution in [-0.2, 0) is 9.53 Å². The Morgan fingerprint density at radius 1 is 1.38 bits per heavy atom. The number of rotatable bonds is 6. The molecule has 0 aromatic heterocycles. The molecule has 1 rings (SSSR count). The third-order valence-electron chi connectivity index (χ3n) is 1.86. The van der Waals surface area contributed by atoms with E-state index < -0.39 is 0 Å². The Labute approximate surface area is 105 Å². The second-order valence-electron chi connectivity index (χ2n) is 3.27. The standard InChI is InChI=1S/C12H15ClO2S/c1-2-8-15-12(14)7-9-16-11-5-3-10(13)4-6-11/h3-6H,2,7-9H2,1H3. The Morgan fingerprint density at radius 3 is 2.69 bits per heavy atom. The summed E-state index contributed by atoms with van der Waals surface area (Å²) >= 11 is 7.40. The fourth-order valence-electron chi connectivity index (χ4n) is 1.07. The zero-order valence-corrected chi connectivity index (χ0v) is 10.8. The van der Waals surface area contributed by atoms with E-state index in [-0.39, 0.29) is 5.97 Å². The van der Waals surface area contributed by atoms with Crippen LogP contribution in [0.2, 0.25) is 5.02 Å². The van der Waals surface area contributed by atoms with Crippen molar-refractivity contribution in [3.63, 3.8) is 0 Å². The highest BCUT2D eigenvalue weighted by atomic mass is 35.5. The van der Waals surface area contributed by atoms with Crippen LogP contribution < -0.4 is 0 Å². The van der Waals surface area contributed by atoms with Gasteiger partial charge in [0.2, 0.25) is 0 Å². The topological polar surface area (TPSA) is 26.3 Å². The zero-order valence-electron chi connectivity index (χ0n) is 9.24. The summed E-state index contributed by atoms with van der Waals surface area (Å²) in [5.41, 5.74) is 0. The van der Waals surface area contributed by atoms with E-state index in [0.29, 0.717) is 13.0 Å². The maximum absolute atomic E-state index is 11.2. The zero-order chi connectivity index (χ0) is 11.8. The van der Waals surface area contributed by atoms with Crippen molar-refractivity contribution in [1.82, 2.24) is 0 Å². The van der Waals surface area contributed by atoms with E-state index in [1.54, 1.807) is 11.8 Å². The minimum Gasteiger partial charge on any atom is -0.466 e. The van der Waals surface area contributed by atoms with Crippen molar-refractivity contribution in [1.29, 1.82) is 0 Å². The quantitative estimate of drug-likeness (QED) is 0.574. The third kappa shape index (κ3) is 5.42. The summed E-state index contributed by atoms with van der Waals surface area (Å²) in [6.45, 7) is 2.50. The lowest BCUT2D eigenvalue weighted by Crippen LogP contribution is -2.05. The van der Waals surface area contributed by atoms with E-state index in [0.717, 1.165) is 22.1 Å². The minimum atomic E-state index is -0.122. The monoisotopic (exact) mass is 258 g/mol. The summed E-state index contributed by atoms with van der Waals surface area (Å²) in [7, 11) is 0. The molecule has 0 atom stereocenters. The molecule has 0 N–H and O–H groups in total. The molecule has 16 heavy (non-hydrogen) atoms. The van der Waals surface area contributed by atoms with Crippen molar-refractivity contribution in [2.75, 3.05) is 12.4 Å². The molecule has 1 aromatic carbocycles. The van der Waals surface area contributed by atoms with Crippen LogP contribution in [-0.4, -0.2) is 18.3 Å². The normalized spacial score (nSPS) is 10.1. The molecular weight excluding hydrogens is 244 g/mol. The van der Waals surface area contributed by atoms with Gasteiger partial charge in [-0.05, 0) is 30.7 Å². The number of esters is 1. The number of thioether (sulfide) groups is 1. The molecule has 0 bridgehead atoms. The lowest BCUT2D eigenvalue weighted by molar-refractivity contribution is -0.143. The van der Waals surface area contributed by atoms with Crippen LogP contribution in [0.3, 0.4) is 0 Å². The van der Waals surface area contributed by atoms with Gasteiger partial charge in [0.1, 0.15) is 0 Å². The molecule has 0 saturated carbocycles. The molecule has 0 saturated heterocycles. The van der Waals surface area contributed by atoms with Crippen molar-refractivity contribution < 1.29 is 9.53 Å². The number of hydrogen-bond acceptors (Lipinski definition) is 3. The first-order valence-electron chi connectivity index (χ1n) is 5.26. The van der Waals surface area contributed by atoms with E-state index in [1.807, 2.05) is 31.2 Å². The molecule has 0 aliphatic carbocycles. The SMILES string of the molecule is CCCOC(=O)CCSc1ccc(Cl)cc1. The van der Waals surface area contributed by atoms with Gasteiger partial charge in [0.15, 0.2) is 0 Å². The molecule has 0 radical (unpaired) electrons. The highest BCUT2D eigenvalue weighted by Crippen LogP contribution is 2.20. The summed E-state index contributed by atoms with van der Waals surface area (Å²) in [5, 5.41) is 0.728. The number of ether oxygens (including phenoxy) is 1. The predicted molar refractivity (Wildman–Crippen MR) is 68.0 cm³/mol. The average Bonchev–Trinajstić information content (AvgIpc) is 2.29. The fourth-order valence-corrected chi connectivity index (χ4v) is 2.03. The Balaban J connectivity index is 2.20.